The molecule has 0 spiro atoms. The number of hydrogen-bond acceptors (Lipinski definition) is 4. The van der Waals surface area contributed by atoms with E-state index in [9.17, 15) is 10.1 Å². The lowest BCUT2D eigenvalue weighted by Crippen LogP contribution is -2.24. The van der Waals surface area contributed by atoms with Crippen LogP contribution in [0.4, 0.5) is 4.39 Å². The number of nitrogens with one attached hydrogen (secondary N) is 2. The second-order valence-corrected chi connectivity index (χ2v) is 7.65. The van der Waals surface area contributed by atoms with Gasteiger partial charge in [0.1, 0.15) is 16.2 Å². The molecule has 1 aromatic heterocycles. The maximum Gasteiger partial charge on any atom is 0.272 e. The van der Waals surface area contributed by atoms with Crippen molar-refractivity contribution < 1.29 is 13.9 Å². The van der Waals surface area contributed by atoms with Gasteiger partial charge >= 0.3 is 0 Å². The number of carbonyl (C=O) groups is 1. The average Bonchev–Trinajstić information content (AvgIpc) is 3.08. The fraction of sp³-hybridized carbons (Fsp3) is 0.190. The lowest BCUT2D eigenvalue weighted by Gasteiger charge is -2.13. The number of carbonyl (C=O) groups excluding carboxylic acids is 1. The molecule has 3 rings (SSSR count). The van der Waals surface area contributed by atoms with Crippen molar-refractivity contribution in [2.45, 2.75) is 26.8 Å². The van der Waals surface area contributed by atoms with Crippen molar-refractivity contribution in [3.63, 3.8) is 0 Å². The third-order valence-corrected chi connectivity index (χ3v) is 5.16. The summed E-state index contributed by atoms with van der Waals surface area (Å²) in [5.41, 5.74) is 1.66. The molecule has 0 fully saturated rings. The van der Waals surface area contributed by atoms with Crippen molar-refractivity contribution in [3.05, 3.63) is 74.0 Å². The fourth-order valence-electron chi connectivity index (χ4n) is 2.78. The van der Waals surface area contributed by atoms with Crippen LogP contribution in [0.2, 0.25) is 5.02 Å². The topological polar surface area (TPSA) is 90.8 Å². The highest BCUT2D eigenvalue weighted by molar-refractivity contribution is 9.10. The summed E-state index contributed by atoms with van der Waals surface area (Å²) in [6.45, 7) is 3.57. The highest BCUT2D eigenvalue weighted by Gasteiger charge is 2.18. The molecule has 3 aromatic rings. The van der Waals surface area contributed by atoms with Crippen molar-refractivity contribution in [1.29, 1.82) is 5.26 Å². The molecule has 9 heteroatoms. The second-order valence-electron chi connectivity index (χ2n) is 6.45. The van der Waals surface area contributed by atoms with E-state index in [1.54, 1.807) is 19.1 Å². The average molecular weight is 492 g/mol. The summed E-state index contributed by atoms with van der Waals surface area (Å²) in [6.07, 6.45) is 0.691. The van der Waals surface area contributed by atoms with E-state index >= 15 is 4.39 Å². The molecule has 1 amide bonds. The minimum Gasteiger partial charge on any atom is -0.453 e. The van der Waals surface area contributed by atoms with Gasteiger partial charge in [-0.25, -0.2) is 9.37 Å². The molecule has 0 aliphatic carbocycles. The van der Waals surface area contributed by atoms with Crippen molar-refractivity contribution >= 4 is 33.4 Å². The van der Waals surface area contributed by atoms with Crippen LogP contribution in [0.1, 0.15) is 39.9 Å². The van der Waals surface area contributed by atoms with E-state index in [1.165, 1.54) is 18.2 Å². The van der Waals surface area contributed by atoms with Gasteiger partial charge in [0.05, 0.1) is 16.7 Å². The zero-order chi connectivity index (χ0) is 21.8. The number of hydrogen-bond donors (Lipinski definition) is 2. The smallest absolute Gasteiger partial charge is 0.272 e. The highest BCUT2D eigenvalue weighted by atomic mass is 79.9. The SMILES string of the molecule is CCc1cc(C#N)cc(Oc2c(Cl)ccc(CNC(=O)c3nc(C)[nH]c3Br)c2F)c1. The van der Waals surface area contributed by atoms with Gasteiger partial charge < -0.3 is 15.0 Å². The Balaban J connectivity index is 1.83. The second kappa shape index (κ2) is 9.28. The number of halogens is 3. The third kappa shape index (κ3) is 4.81. The Morgan fingerprint density at radius 1 is 1.40 bits per heavy atom. The van der Waals surface area contributed by atoms with Crippen LogP contribution in [-0.4, -0.2) is 15.9 Å². The number of imidazole rings is 1. The molecule has 0 atom stereocenters. The molecule has 0 aliphatic rings. The number of benzene rings is 2. The van der Waals surface area contributed by atoms with Crippen LogP contribution >= 0.6 is 27.5 Å². The van der Waals surface area contributed by atoms with Crippen molar-refractivity contribution in [3.8, 4) is 17.6 Å². The maximum atomic E-state index is 15.1. The van der Waals surface area contributed by atoms with Gasteiger partial charge in [0.15, 0.2) is 17.3 Å². The molecule has 2 aromatic carbocycles. The first-order valence-electron chi connectivity index (χ1n) is 9.01. The van der Waals surface area contributed by atoms with Gasteiger partial charge in [-0.1, -0.05) is 24.6 Å². The molecule has 0 aliphatic heterocycles. The van der Waals surface area contributed by atoms with Gasteiger partial charge in [0.2, 0.25) is 0 Å². The zero-order valence-corrected chi connectivity index (χ0v) is 18.5. The van der Waals surface area contributed by atoms with Crippen molar-refractivity contribution in [2.75, 3.05) is 0 Å². The molecule has 0 saturated carbocycles. The van der Waals surface area contributed by atoms with E-state index in [1.807, 2.05) is 6.92 Å². The molecule has 154 valence electrons. The van der Waals surface area contributed by atoms with E-state index in [0.29, 0.717) is 28.2 Å². The summed E-state index contributed by atoms with van der Waals surface area (Å²) in [4.78, 5) is 19.3. The van der Waals surface area contributed by atoms with Crippen LogP contribution < -0.4 is 10.1 Å². The number of ether oxygens (including phenoxy) is 1. The minimum atomic E-state index is -0.694. The Kier molecular flexibility index (Phi) is 6.75. The lowest BCUT2D eigenvalue weighted by atomic mass is 10.1. The molecule has 0 unspecified atom stereocenters. The summed E-state index contributed by atoms with van der Waals surface area (Å²) in [7, 11) is 0. The first-order valence-corrected chi connectivity index (χ1v) is 10.2. The van der Waals surface area contributed by atoms with Gasteiger partial charge in [-0.15, -0.1) is 0 Å². The summed E-state index contributed by atoms with van der Waals surface area (Å²) < 4.78 is 21.2. The number of aromatic nitrogens is 2. The Hall–Kier alpha value is -2.89. The van der Waals surface area contributed by atoms with Gasteiger partial charge in [-0.3, -0.25) is 4.79 Å². The molecular formula is C21H17BrClFN4O2. The Labute approximate surface area is 186 Å². The molecule has 30 heavy (non-hydrogen) atoms. The third-order valence-electron chi connectivity index (χ3n) is 4.29. The van der Waals surface area contributed by atoms with Crippen molar-refractivity contribution in [1.82, 2.24) is 15.3 Å². The first-order chi connectivity index (χ1) is 14.3. The van der Waals surface area contributed by atoms with E-state index < -0.39 is 11.7 Å². The number of rotatable bonds is 6. The standard InChI is InChI=1S/C21H17BrClFN4O2/c1-3-12-6-13(9-25)8-15(7-12)30-19-16(23)5-4-14(17(19)24)10-26-21(29)18-20(22)28-11(2)27-18/h4-8H,3,10H2,1-2H3,(H,26,29)(H,27,28). The normalized spacial score (nSPS) is 10.5. The molecule has 0 saturated heterocycles. The number of nitriles is 1. The number of aryl methyl sites for hydroxylation is 2. The van der Waals surface area contributed by atoms with Gasteiger partial charge in [0, 0.05) is 12.1 Å². The van der Waals surface area contributed by atoms with Crippen LogP contribution in [0.15, 0.2) is 34.9 Å². The van der Waals surface area contributed by atoms with E-state index in [2.05, 4.69) is 37.3 Å². The number of H-pyrrole nitrogens is 1. The number of nitrogens with zero attached hydrogens (tertiary/aromatic N) is 2. The summed E-state index contributed by atoms with van der Waals surface area (Å²) in [5.74, 6) is -0.439. The molecular weight excluding hydrogens is 475 g/mol. The van der Waals surface area contributed by atoms with E-state index in [0.717, 1.165) is 5.56 Å². The molecule has 2 N–H and O–H groups in total. The van der Waals surface area contributed by atoms with E-state index in [4.69, 9.17) is 16.3 Å². The van der Waals surface area contributed by atoms with E-state index in [-0.39, 0.29) is 28.6 Å². The fourth-order valence-corrected chi connectivity index (χ4v) is 3.52. The van der Waals surface area contributed by atoms with Crippen LogP contribution in [0.5, 0.6) is 11.5 Å². The molecule has 0 radical (unpaired) electrons. The monoisotopic (exact) mass is 490 g/mol. The Morgan fingerprint density at radius 3 is 2.80 bits per heavy atom. The first kappa shape index (κ1) is 21.8. The zero-order valence-electron chi connectivity index (χ0n) is 16.1. The van der Waals surface area contributed by atoms with Gasteiger partial charge in [0.25, 0.3) is 5.91 Å². The van der Waals surface area contributed by atoms with Gasteiger partial charge in [-0.2, -0.15) is 5.26 Å². The summed E-state index contributed by atoms with van der Waals surface area (Å²) in [5, 5.41) is 11.9. The maximum absolute atomic E-state index is 15.1. The number of aromatic amines is 1. The highest BCUT2D eigenvalue weighted by Crippen LogP contribution is 2.34. The molecule has 1 heterocycles. The predicted molar refractivity (Wildman–Crippen MR) is 114 cm³/mol. The van der Waals surface area contributed by atoms with Crippen LogP contribution in [-0.2, 0) is 13.0 Å². The molecule has 0 bridgehead atoms. The van der Waals surface area contributed by atoms with Crippen molar-refractivity contribution in [2.24, 2.45) is 0 Å². The van der Waals surface area contributed by atoms with Crippen LogP contribution in [0.3, 0.4) is 0 Å². The quantitative estimate of drug-likeness (QED) is 0.481. The predicted octanol–water partition coefficient (Wildman–Crippen LogP) is 5.43. The largest absolute Gasteiger partial charge is 0.453 e. The van der Waals surface area contributed by atoms with Gasteiger partial charge in [-0.05, 0) is 59.1 Å². The number of amides is 1. The van der Waals surface area contributed by atoms with Crippen LogP contribution in [0.25, 0.3) is 0 Å². The molecule has 6 nitrogen and oxygen atoms in total. The Bertz CT molecular complexity index is 1160. The lowest BCUT2D eigenvalue weighted by molar-refractivity contribution is 0.0945. The summed E-state index contributed by atoms with van der Waals surface area (Å²) in [6, 6.07) is 10.00. The Morgan fingerprint density at radius 2 is 2.17 bits per heavy atom. The summed E-state index contributed by atoms with van der Waals surface area (Å²) >= 11 is 9.37. The van der Waals surface area contributed by atoms with Crippen LogP contribution in [0, 0.1) is 24.1 Å². The minimum absolute atomic E-state index is 0.0775.